The number of nitrogens with zero attached hydrogens (tertiary/aromatic N) is 1. The highest BCUT2D eigenvalue weighted by molar-refractivity contribution is 7.14. The largest absolute Gasteiger partial charge is 0.495 e. The van der Waals surface area contributed by atoms with Gasteiger partial charge in [0.1, 0.15) is 11.8 Å². The maximum atomic E-state index is 12.7. The number of hydrogen-bond acceptors (Lipinski definition) is 6. The molecule has 0 radical (unpaired) electrons. The molecule has 3 aromatic rings. The molecule has 1 atom stereocenters. The second-order valence-corrected chi connectivity index (χ2v) is 8.76. The fraction of sp³-hybridized carbons (Fsp3) is 0.250. The van der Waals surface area contributed by atoms with Gasteiger partial charge in [-0.3, -0.25) is 9.59 Å². The zero-order valence-corrected chi connectivity index (χ0v) is 18.5. The van der Waals surface area contributed by atoms with Crippen LogP contribution < -0.4 is 15.4 Å². The van der Waals surface area contributed by atoms with E-state index < -0.39 is 6.04 Å². The fourth-order valence-corrected chi connectivity index (χ4v) is 4.23. The molecule has 6 nitrogen and oxygen atoms in total. The number of methoxy groups -OCH3 is 1. The summed E-state index contributed by atoms with van der Waals surface area (Å²) in [4.78, 5) is 30.1. The number of hydrogen-bond donors (Lipinski definition) is 2. The first-order valence-electron chi connectivity index (χ1n) is 8.83. The molecule has 0 saturated heterocycles. The first-order chi connectivity index (χ1) is 13.9. The Balaban J connectivity index is 1.70. The average Bonchev–Trinajstić information content (AvgIpc) is 3.37. The highest BCUT2D eigenvalue weighted by Crippen LogP contribution is 2.31. The van der Waals surface area contributed by atoms with Gasteiger partial charge in [-0.1, -0.05) is 31.5 Å². The summed E-state index contributed by atoms with van der Waals surface area (Å²) in [5.74, 6) is -0.0701. The Kier molecular flexibility index (Phi) is 6.89. The van der Waals surface area contributed by atoms with Crippen molar-refractivity contribution in [3.8, 4) is 17.0 Å². The van der Waals surface area contributed by atoms with Crippen molar-refractivity contribution >= 4 is 51.2 Å². The summed E-state index contributed by atoms with van der Waals surface area (Å²) in [5.41, 5.74) is 1.51. The molecule has 1 unspecified atom stereocenters. The van der Waals surface area contributed by atoms with Gasteiger partial charge in [0.25, 0.3) is 5.91 Å². The molecule has 1 aromatic carbocycles. The topological polar surface area (TPSA) is 80.3 Å². The second kappa shape index (κ2) is 9.39. The van der Waals surface area contributed by atoms with Crippen molar-refractivity contribution in [2.45, 2.75) is 19.9 Å². The van der Waals surface area contributed by atoms with Crippen LogP contribution in [-0.4, -0.2) is 29.9 Å². The Bertz CT molecular complexity index is 1000. The van der Waals surface area contributed by atoms with Gasteiger partial charge in [0.05, 0.1) is 22.7 Å². The Labute approximate surface area is 181 Å². The van der Waals surface area contributed by atoms with Gasteiger partial charge in [0, 0.05) is 10.9 Å². The van der Waals surface area contributed by atoms with Gasteiger partial charge < -0.3 is 15.4 Å². The molecule has 2 heterocycles. The molecule has 2 aromatic heterocycles. The summed E-state index contributed by atoms with van der Waals surface area (Å²) in [7, 11) is 1.56. The van der Waals surface area contributed by atoms with Crippen molar-refractivity contribution in [3.63, 3.8) is 0 Å². The van der Waals surface area contributed by atoms with E-state index in [1.807, 2.05) is 30.7 Å². The zero-order chi connectivity index (χ0) is 21.0. The molecule has 0 bridgehead atoms. The number of rotatable bonds is 7. The first kappa shape index (κ1) is 21.3. The Morgan fingerprint density at radius 2 is 2.00 bits per heavy atom. The molecule has 0 spiro atoms. The smallest absolute Gasteiger partial charge is 0.262 e. The van der Waals surface area contributed by atoms with E-state index in [4.69, 9.17) is 16.3 Å². The summed E-state index contributed by atoms with van der Waals surface area (Å²) < 4.78 is 5.16. The normalized spacial score (nSPS) is 11.9. The van der Waals surface area contributed by atoms with Crippen LogP contribution in [0.2, 0.25) is 5.02 Å². The second-order valence-electron chi connectivity index (χ2n) is 6.55. The quantitative estimate of drug-likeness (QED) is 0.536. The molecular weight excluding hydrogens is 430 g/mol. The van der Waals surface area contributed by atoms with Crippen LogP contribution in [0.1, 0.15) is 23.5 Å². The third-order valence-electron chi connectivity index (χ3n) is 4.16. The minimum Gasteiger partial charge on any atom is -0.495 e. The minimum absolute atomic E-state index is 0.0845. The SMILES string of the molecule is COc1ccc(-c2csc(NC(=O)C(NC(=O)c3cccs3)C(C)C)n2)cc1Cl. The van der Waals surface area contributed by atoms with Gasteiger partial charge in [-0.15, -0.1) is 22.7 Å². The number of ether oxygens (including phenoxy) is 1. The summed E-state index contributed by atoms with van der Waals surface area (Å²) in [6, 6.07) is 8.23. The van der Waals surface area contributed by atoms with E-state index in [0.29, 0.717) is 26.5 Å². The first-order valence-corrected chi connectivity index (χ1v) is 11.0. The average molecular weight is 450 g/mol. The number of aromatic nitrogens is 1. The van der Waals surface area contributed by atoms with Crippen molar-refractivity contribution in [2.24, 2.45) is 5.92 Å². The predicted octanol–water partition coefficient (Wildman–Crippen LogP) is 4.93. The van der Waals surface area contributed by atoms with Crippen molar-refractivity contribution in [1.82, 2.24) is 10.3 Å². The van der Waals surface area contributed by atoms with E-state index in [-0.39, 0.29) is 17.7 Å². The van der Waals surface area contributed by atoms with Crippen LogP contribution in [0.5, 0.6) is 5.75 Å². The summed E-state index contributed by atoms with van der Waals surface area (Å²) >= 11 is 8.82. The Hall–Kier alpha value is -2.42. The lowest BCUT2D eigenvalue weighted by Gasteiger charge is -2.20. The van der Waals surface area contributed by atoms with Crippen LogP contribution >= 0.6 is 34.3 Å². The van der Waals surface area contributed by atoms with Crippen molar-refractivity contribution in [1.29, 1.82) is 0 Å². The number of carbonyl (C=O) groups is 2. The molecule has 0 fully saturated rings. The number of amides is 2. The predicted molar refractivity (Wildman–Crippen MR) is 118 cm³/mol. The van der Waals surface area contributed by atoms with Gasteiger partial charge in [-0.25, -0.2) is 4.98 Å². The van der Waals surface area contributed by atoms with Crippen LogP contribution in [0.3, 0.4) is 0 Å². The lowest BCUT2D eigenvalue weighted by atomic mass is 10.0. The molecule has 2 amide bonds. The highest BCUT2D eigenvalue weighted by Gasteiger charge is 2.26. The summed E-state index contributed by atoms with van der Waals surface area (Å²) in [6.45, 7) is 3.76. The number of thiazole rings is 1. The third kappa shape index (κ3) is 5.14. The number of carbonyl (C=O) groups excluding carboxylic acids is 2. The number of benzene rings is 1. The van der Waals surface area contributed by atoms with E-state index >= 15 is 0 Å². The van der Waals surface area contributed by atoms with Gasteiger partial charge in [0.2, 0.25) is 5.91 Å². The van der Waals surface area contributed by atoms with Crippen LogP contribution in [0.25, 0.3) is 11.3 Å². The van der Waals surface area contributed by atoms with E-state index in [1.54, 1.807) is 31.4 Å². The molecule has 9 heteroatoms. The van der Waals surface area contributed by atoms with Crippen LogP contribution in [0, 0.1) is 5.92 Å². The van der Waals surface area contributed by atoms with E-state index in [2.05, 4.69) is 15.6 Å². The maximum absolute atomic E-state index is 12.7. The molecule has 152 valence electrons. The van der Waals surface area contributed by atoms with E-state index in [0.717, 1.165) is 5.56 Å². The summed E-state index contributed by atoms with van der Waals surface area (Å²) in [6.07, 6.45) is 0. The van der Waals surface area contributed by atoms with E-state index in [1.165, 1.54) is 22.7 Å². The molecule has 3 rings (SSSR count). The Morgan fingerprint density at radius 3 is 2.62 bits per heavy atom. The van der Waals surface area contributed by atoms with Crippen molar-refractivity contribution in [2.75, 3.05) is 12.4 Å². The van der Waals surface area contributed by atoms with Crippen LogP contribution in [-0.2, 0) is 4.79 Å². The monoisotopic (exact) mass is 449 g/mol. The van der Waals surface area contributed by atoms with Crippen molar-refractivity contribution < 1.29 is 14.3 Å². The number of nitrogens with one attached hydrogen (secondary N) is 2. The lowest BCUT2D eigenvalue weighted by Crippen LogP contribution is -2.46. The molecular formula is C20H20ClN3O3S2. The number of anilines is 1. The minimum atomic E-state index is -0.674. The summed E-state index contributed by atoms with van der Waals surface area (Å²) in [5, 5.41) is 10.2. The number of thiophene rings is 1. The van der Waals surface area contributed by atoms with Gasteiger partial charge in [-0.2, -0.15) is 0 Å². The zero-order valence-electron chi connectivity index (χ0n) is 16.1. The highest BCUT2D eigenvalue weighted by atomic mass is 35.5. The molecule has 0 aliphatic rings. The van der Waals surface area contributed by atoms with Gasteiger partial charge in [0.15, 0.2) is 5.13 Å². The molecule has 2 N–H and O–H groups in total. The third-order valence-corrected chi connectivity index (χ3v) is 6.08. The lowest BCUT2D eigenvalue weighted by molar-refractivity contribution is -0.118. The standard InChI is InChI=1S/C20H20ClN3O3S2/c1-11(2)17(23-18(25)16-5-4-8-28-16)19(26)24-20-22-14(10-29-20)12-6-7-15(27-3)13(21)9-12/h4-11,17H,1-3H3,(H,23,25)(H,22,24,26). The van der Waals surface area contributed by atoms with Gasteiger partial charge in [-0.05, 0) is 35.6 Å². The van der Waals surface area contributed by atoms with Crippen LogP contribution in [0.15, 0.2) is 41.1 Å². The van der Waals surface area contributed by atoms with Crippen LogP contribution in [0.4, 0.5) is 5.13 Å². The molecule has 0 aliphatic carbocycles. The molecule has 0 aliphatic heterocycles. The fourth-order valence-electron chi connectivity index (χ4n) is 2.63. The van der Waals surface area contributed by atoms with E-state index in [9.17, 15) is 9.59 Å². The Morgan fingerprint density at radius 1 is 1.21 bits per heavy atom. The number of halogens is 1. The maximum Gasteiger partial charge on any atom is 0.262 e. The van der Waals surface area contributed by atoms with Gasteiger partial charge >= 0.3 is 0 Å². The molecule has 0 saturated carbocycles. The van der Waals surface area contributed by atoms with Crippen molar-refractivity contribution in [3.05, 3.63) is 51.0 Å². The molecule has 29 heavy (non-hydrogen) atoms.